The summed E-state index contributed by atoms with van der Waals surface area (Å²) >= 11 is 0. The fraction of sp³-hybridized carbons (Fsp3) is 0.286. The Morgan fingerprint density at radius 1 is 1.78 bits per heavy atom. The first-order valence-electron chi connectivity index (χ1n) is 2.62. The van der Waals surface area contributed by atoms with Crippen molar-refractivity contribution in [1.29, 1.82) is 0 Å². The number of carbonyl (C=O) groups is 1. The number of rotatable bonds is 3. The van der Waals surface area contributed by atoms with Crippen LogP contribution in [-0.4, -0.2) is 11.1 Å². The van der Waals surface area contributed by atoms with Gasteiger partial charge in [0.2, 0.25) is 0 Å². The number of hydrogen-bond acceptors (Lipinski definition) is 1. The highest BCUT2D eigenvalue weighted by atomic mass is 16.4. The fourth-order valence-corrected chi connectivity index (χ4v) is 0.332. The Kier molecular flexibility index (Phi) is 3.44. The topological polar surface area (TPSA) is 37.3 Å². The van der Waals surface area contributed by atoms with E-state index in [2.05, 4.69) is 0 Å². The summed E-state index contributed by atoms with van der Waals surface area (Å²) in [4.78, 5) is 10.1. The van der Waals surface area contributed by atoms with E-state index in [-0.39, 0.29) is 0 Å². The van der Waals surface area contributed by atoms with Gasteiger partial charge in [-0.15, -0.1) is 0 Å². The van der Waals surface area contributed by atoms with Gasteiger partial charge in [-0.1, -0.05) is 18.7 Å². The highest BCUT2D eigenvalue weighted by Gasteiger charge is 1.95. The van der Waals surface area contributed by atoms with E-state index in [1.807, 2.05) is 0 Å². The summed E-state index contributed by atoms with van der Waals surface area (Å²) in [6.07, 6.45) is 3.48. The van der Waals surface area contributed by atoms with Gasteiger partial charge >= 0.3 is 5.97 Å². The van der Waals surface area contributed by atoms with Gasteiger partial charge in [0.15, 0.2) is 0 Å². The van der Waals surface area contributed by atoms with Crippen LogP contribution in [0.25, 0.3) is 0 Å². The molecule has 0 spiro atoms. The van der Waals surface area contributed by atoms with Crippen LogP contribution in [0.2, 0.25) is 0 Å². The smallest absolute Gasteiger partial charge is 0.330 e. The minimum absolute atomic E-state index is 0.330. The molecule has 49 valence electrons. The average Bonchev–Trinajstić information content (AvgIpc) is 1.82. The molecule has 0 amide bonds. The monoisotopic (exact) mass is 125 g/mol. The van der Waals surface area contributed by atoms with Gasteiger partial charge in [-0.05, 0) is 13.3 Å². The van der Waals surface area contributed by atoms with E-state index in [0.29, 0.717) is 12.0 Å². The first-order chi connectivity index (χ1) is 4.18. The van der Waals surface area contributed by atoms with Crippen molar-refractivity contribution in [3.8, 4) is 0 Å². The third-order valence-electron chi connectivity index (χ3n) is 0.897. The maximum atomic E-state index is 10.1. The van der Waals surface area contributed by atoms with Crippen LogP contribution in [0.1, 0.15) is 13.3 Å². The molecular formula is C7H9O2. The molecule has 0 saturated heterocycles. The zero-order valence-corrected chi connectivity index (χ0v) is 5.29. The van der Waals surface area contributed by atoms with Crippen LogP contribution in [0.15, 0.2) is 17.7 Å². The van der Waals surface area contributed by atoms with Crippen molar-refractivity contribution in [3.63, 3.8) is 0 Å². The highest BCUT2D eigenvalue weighted by Crippen LogP contribution is 1.94. The Balaban J connectivity index is 3.83. The van der Waals surface area contributed by atoms with Crippen molar-refractivity contribution in [2.45, 2.75) is 13.3 Å². The minimum atomic E-state index is -0.892. The maximum Gasteiger partial charge on any atom is 0.330 e. The van der Waals surface area contributed by atoms with Crippen LogP contribution in [0.5, 0.6) is 0 Å². The van der Waals surface area contributed by atoms with Gasteiger partial charge in [-0.2, -0.15) is 0 Å². The summed E-state index contributed by atoms with van der Waals surface area (Å²) < 4.78 is 0. The van der Waals surface area contributed by atoms with Crippen LogP contribution in [0, 0.1) is 6.58 Å². The van der Waals surface area contributed by atoms with Crippen LogP contribution in [-0.2, 0) is 4.79 Å². The largest absolute Gasteiger partial charge is 0.478 e. The SMILES string of the molecule is [CH]=CCC=C(C)C(=O)O. The molecule has 2 heteroatoms. The van der Waals surface area contributed by atoms with Gasteiger partial charge in [0, 0.05) is 5.57 Å². The Morgan fingerprint density at radius 3 is 2.67 bits per heavy atom. The third-order valence-corrected chi connectivity index (χ3v) is 0.897. The zero-order valence-electron chi connectivity index (χ0n) is 5.29. The Labute approximate surface area is 54.5 Å². The molecule has 9 heavy (non-hydrogen) atoms. The first kappa shape index (κ1) is 7.95. The van der Waals surface area contributed by atoms with E-state index >= 15 is 0 Å². The Bertz CT molecular complexity index is 145. The van der Waals surface area contributed by atoms with E-state index in [9.17, 15) is 4.79 Å². The second kappa shape index (κ2) is 3.89. The summed E-state index contributed by atoms with van der Waals surface area (Å²) in [5.74, 6) is -0.892. The van der Waals surface area contributed by atoms with Gasteiger partial charge in [0.05, 0.1) is 0 Å². The van der Waals surface area contributed by atoms with Crippen LogP contribution in [0.3, 0.4) is 0 Å². The van der Waals surface area contributed by atoms with Gasteiger partial charge in [0.1, 0.15) is 0 Å². The normalized spacial score (nSPS) is 11.0. The maximum absolute atomic E-state index is 10.1. The lowest BCUT2D eigenvalue weighted by Crippen LogP contribution is -1.94. The van der Waals surface area contributed by atoms with Crippen LogP contribution < -0.4 is 0 Å². The quantitative estimate of drug-likeness (QED) is 0.579. The third kappa shape index (κ3) is 3.53. The molecule has 0 rings (SSSR count). The average molecular weight is 125 g/mol. The molecule has 1 radical (unpaired) electrons. The number of aliphatic carboxylic acids is 1. The molecule has 0 aliphatic heterocycles. The van der Waals surface area contributed by atoms with Crippen LogP contribution >= 0.6 is 0 Å². The number of allylic oxidation sites excluding steroid dienone is 2. The standard InChI is InChI=1S/C7H9O2/c1-3-4-5-6(2)7(8)9/h1,3,5H,4H2,2H3,(H,8,9). The number of hydrogen-bond donors (Lipinski definition) is 1. The molecule has 0 heterocycles. The molecule has 0 aromatic rings. The van der Waals surface area contributed by atoms with E-state index < -0.39 is 5.97 Å². The number of carboxylic acid groups (broad SMARTS) is 1. The van der Waals surface area contributed by atoms with Gasteiger partial charge in [-0.25, -0.2) is 4.79 Å². The Morgan fingerprint density at radius 2 is 2.33 bits per heavy atom. The van der Waals surface area contributed by atoms with E-state index in [4.69, 9.17) is 11.7 Å². The van der Waals surface area contributed by atoms with E-state index in [1.165, 1.54) is 13.0 Å². The summed E-state index contributed by atoms with van der Waals surface area (Å²) in [5, 5.41) is 8.29. The molecule has 0 fully saturated rings. The van der Waals surface area contributed by atoms with Crippen molar-refractivity contribution in [2.24, 2.45) is 0 Å². The van der Waals surface area contributed by atoms with E-state index in [1.54, 1.807) is 6.08 Å². The predicted molar refractivity (Wildman–Crippen MR) is 34.9 cm³/mol. The molecule has 1 N–H and O–H groups in total. The second-order valence-corrected chi connectivity index (χ2v) is 1.66. The molecule has 0 aliphatic rings. The summed E-state index contributed by atoms with van der Waals surface area (Å²) in [6, 6.07) is 0. The Hall–Kier alpha value is -1.05. The van der Waals surface area contributed by atoms with Gasteiger partial charge in [0.25, 0.3) is 0 Å². The molecule has 2 nitrogen and oxygen atoms in total. The van der Waals surface area contributed by atoms with Crippen LogP contribution in [0.4, 0.5) is 0 Å². The van der Waals surface area contributed by atoms with Gasteiger partial charge in [-0.3, -0.25) is 0 Å². The highest BCUT2D eigenvalue weighted by molar-refractivity contribution is 5.85. The molecule has 0 bridgehead atoms. The fourth-order valence-electron chi connectivity index (χ4n) is 0.332. The summed E-state index contributed by atoms with van der Waals surface area (Å²) in [7, 11) is 0. The lowest BCUT2D eigenvalue weighted by molar-refractivity contribution is -0.132. The molecular weight excluding hydrogens is 116 g/mol. The molecule has 0 unspecified atom stereocenters. The van der Waals surface area contributed by atoms with Gasteiger partial charge < -0.3 is 5.11 Å². The lowest BCUT2D eigenvalue weighted by Gasteiger charge is -1.87. The molecule has 0 aliphatic carbocycles. The molecule has 0 aromatic carbocycles. The number of carboxylic acids is 1. The van der Waals surface area contributed by atoms with Crippen molar-refractivity contribution in [1.82, 2.24) is 0 Å². The summed E-state index contributed by atoms with van der Waals surface area (Å²) in [5.41, 5.74) is 0.330. The molecule has 0 atom stereocenters. The summed E-state index contributed by atoms with van der Waals surface area (Å²) in [6.45, 7) is 6.55. The first-order valence-corrected chi connectivity index (χ1v) is 2.62. The zero-order chi connectivity index (χ0) is 7.28. The minimum Gasteiger partial charge on any atom is -0.478 e. The second-order valence-electron chi connectivity index (χ2n) is 1.66. The van der Waals surface area contributed by atoms with Crippen molar-refractivity contribution in [3.05, 3.63) is 24.3 Å². The van der Waals surface area contributed by atoms with E-state index in [0.717, 1.165) is 0 Å². The lowest BCUT2D eigenvalue weighted by atomic mass is 10.2. The van der Waals surface area contributed by atoms with Crippen molar-refractivity contribution >= 4 is 5.97 Å². The van der Waals surface area contributed by atoms with Crippen molar-refractivity contribution < 1.29 is 9.90 Å². The molecule has 0 aromatic heterocycles. The molecule has 0 saturated carbocycles. The predicted octanol–water partition coefficient (Wildman–Crippen LogP) is 1.40. The van der Waals surface area contributed by atoms with Crippen molar-refractivity contribution in [2.75, 3.05) is 0 Å².